The summed E-state index contributed by atoms with van der Waals surface area (Å²) in [5.41, 5.74) is -0.0957. The molecule has 0 saturated heterocycles. The highest BCUT2D eigenvalue weighted by atomic mass is 35.5. The molecule has 0 aliphatic heterocycles. The lowest BCUT2D eigenvalue weighted by Gasteiger charge is -2.22. The van der Waals surface area contributed by atoms with Crippen molar-refractivity contribution in [1.82, 2.24) is 0 Å². The highest BCUT2D eigenvalue weighted by Gasteiger charge is 2.20. The third-order valence-corrected chi connectivity index (χ3v) is 2.61. The smallest absolute Gasteiger partial charge is 0.0866 e. The van der Waals surface area contributed by atoms with Gasteiger partial charge in [0.1, 0.15) is 0 Å². The van der Waals surface area contributed by atoms with Crippen LogP contribution in [0.1, 0.15) is 25.8 Å². The van der Waals surface area contributed by atoms with E-state index >= 15 is 0 Å². The summed E-state index contributed by atoms with van der Waals surface area (Å²) in [7, 11) is 0. The lowest BCUT2D eigenvalue weighted by atomic mass is 9.94. The lowest BCUT2D eigenvalue weighted by Crippen LogP contribution is -2.19. The van der Waals surface area contributed by atoms with Gasteiger partial charge < -0.3 is 5.11 Å². The van der Waals surface area contributed by atoms with Crippen LogP contribution in [0.2, 0.25) is 10.0 Å². The van der Waals surface area contributed by atoms with Crippen molar-refractivity contribution in [3.63, 3.8) is 0 Å². The summed E-state index contributed by atoms with van der Waals surface area (Å²) in [5, 5.41) is 11.0. The Kier molecular flexibility index (Phi) is 3.23. The first-order chi connectivity index (χ1) is 5.95. The molecular formula is C10H12Cl2O. The standard InChI is InChI=1S/C10H12Cl2O/c1-3-10(2,13)7-4-8(11)6-9(12)5-7/h4-6,13H,3H2,1-2H3/t10-/m1/s1. The molecule has 0 fully saturated rings. The van der Waals surface area contributed by atoms with Gasteiger partial charge >= 0.3 is 0 Å². The van der Waals surface area contributed by atoms with Crippen LogP contribution < -0.4 is 0 Å². The largest absolute Gasteiger partial charge is 0.385 e. The molecule has 0 spiro atoms. The molecule has 0 aliphatic carbocycles. The second-order valence-corrected chi connectivity index (χ2v) is 4.16. The third-order valence-electron chi connectivity index (χ3n) is 2.17. The Morgan fingerprint density at radius 1 is 1.23 bits per heavy atom. The minimum absolute atomic E-state index is 0.552. The Morgan fingerprint density at radius 3 is 2.08 bits per heavy atom. The second-order valence-electron chi connectivity index (χ2n) is 3.29. The average molecular weight is 219 g/mol. The molecule has 1 nitrogen and oxygen atoms in total. The van der Waals surface area contributed by atoms with E-state index in [4.69, 9.17) is 23.2 Å². The maximum atomic E-state index is 9.93. The van der Waals surface area contributed by atoms with E-state index in [0.29, 0.717) is 16.5 Å². The number of hydrogen-bond acceptors (Lipinski definition) is 1. The Bertz CT molecular complexity index is 288. The molecule has 0 amide bonds. The van der Waals surface area contributed by atoms with E-state index in [1.54, 1.807) is 25.1 Å². The SMILES string of the molecule is CC[C@@](C)(O)c1cc(Cl)cc(Cl)c1. The normalized spacial score (nSPS) is 15.5. The van der Waals surface area contributed by atoms with Crippen molar-refractivity contribution in [2.24, 2.45) is 0 Å². The van der Waals surface area contributed by atoms with E-state index in [1.807, 2.05) is 6.92 Å². The van der Waals surface area contributed by atoms with Crippen molar-refractivity contribution in [3.05, 3.63) is 33.8 Å². The Balaban J connectivity index is 3.15. The van der Waals surface area contributed by atoms with E-state index in [2.05, 4.69) is 0 Å². The molecule has 72 valence electrons. The molecule has 0 bridgehead atoms. The van der Waals surface area contributed by atoms with Crippen molar-refractivity contribution in [3.8, 4) is 0 Å². The fourth-order valence-corrected chi connectivity index (χ4v) is 1.59. The molecule has 0 aliphatic rings. The molecule has 0 heterocycles. The Labute approximate surface area is 88.3 Å². The molecule has 1 aromatic carbocycles. The topological polar surface area (TPSA) is 20.2 Å². The molecule has 1 atom stereocenters. The number of hydrogen-bond donors (Lipinski definition) is 1. The van der Waals surface area contributed by atoms with Gasteiger partial charge in [-0.05, 0) is 37.1 Å². The predicted octanol–water partition coefficient (Wildman–Crippen LogP) is 3.61. The van der Waals surface area contributed by atoms with E-state index < -0.39 is 5.60 Å². The lowest BCUT2D eigenvalue weighted by molar-refractivity contribution is 0.0531. The second kappa shape index (κ2) is 3.87. The van der Waals surface area contributed by atoms with Gasteiger partial charge in [0.15, 0.2) is 0 Å². The van der Waals surface area contributed by atoms with E-state index in [1.165, 1.54) is 0 Å². The molecule has 0 saturated carbocycles. The highest BCUT2D eigenvalue weighted by Crippen LogP contribution is 2.29. The third kappa shape index (κ3) is 2.60. The first-order valence-electron chi connectivity index (χ1n) is 4.14. The van der Waals surface area contributed by atoms with Crippen LogP contribution >= 0.6 is 23.2 Å². The zero-order valence-corrected chi connectivity index (χ0v) is 9.15. The average Bonchev–Trinajstić information content (AvgIpc) is 2.02. The summed E-state index contributed by atoms with van der Waals surface area (Å²) < 4.78 is 0. The van der Waals surface area contributed by atoms with Gasteiger partial charge in [-0.1, -0.05) is 30.1 Å². The molecular weight excluding hydrogens is 207 g/mol. The summed E-state index contributed by atoms with van der Waals surface area (Å²) in [6.07, 6.45) is 0.629. The van der Waals surface area contributed by atoms with E-state index in [0.717, 1.165) is 5.56 Å². The predicted molar refractivity (Wildman–Crippen MR) is 56.3 cm³/mol. The van der Waals surface area contributed by atoms with Gasteiger partial charge in [0.2, 0.25) is 0 Å². The molecule has 3 heteroatoms. The monoisotopic (exact) mass is 218 g/mol. The van der Waals surface area contributed by atoms with Gasteiger partial charge in [-0.15, -0.1) is 0 Å². The summed E-state index contributed by atoms with van der Waals surface area (Å²) in [6.45, 7) is 3.66. The molecule has 13 heavy (non-hydrogen) atoms. The van der Waals surface area contributed by atoms with Crippen LogP contribution in [0.25, 0.3) is 0 Å². The zero-order valence-electron chi connectivity index (χ0n) is 7.64. The molecule has 0 aromatic heterocycles. The van der Waals surface area contributed by atoms with Gasteiger partial charge in [-0.2, -0.15) is 0 Å². The summed E-state index contributed by atoms with van der Waals surface area (Å²) >= 11 is 11.6. The van der Waals surface area contributed by atoms with Crippen LogP contribution in [0, 0.1) is 0 Å². The van der Waals surface area contributed by atoms with Crippen molar-refractivity contribution >= 4 is 23.2 Å². The Hall–Kier alpha value is -0.240. The van der Waals surface area contributed by atoms with E-state index in [9.17, 15) is 5.11 Å². The number of aliphatic hydroxyl groups is 1. The minimum atomic E-state index is -0.853. The molecule has 0 radical (unpaired) electrons. The van der Waals surface area contributed by atoms with Crippen molar-refractivity contribution in [2.75, 3.05) is 0 Å². The fraction of sp³-hybridized carbons (Fsp3) is 0.400. The molecule has 1 aromatic rings. The van der Waals surface area contributed by atoms with Crippen LogP contribution in [0.15, 0.2) is 18.2 Å². The van der Waals surface area contributed by atoms with Gasteiger partial charge in [0.25, 0.3) is 0 Å². The van der Waals surface area contributed by atoms with Crippen molar-refractivity contribution < 1.29 is 5.11 Å². The highest BCUT2D eigenvalue weighted by molar-refractivity contribution is 6.34. The van der Waals surface area contributed by atoms with Crippen LogP contribution in [0.5, 0.6) is 0 Å². The van der Waals surface area contributed by atoms with Gasteiger partial charge in [-0.25, -0.2) is 0 Å². The molecule has 0 unspecified atom stereocenters. The molecule has 1 N–H and O–H groups in total. The summed E-state index contributed by atoms with van der Waals surface area (Å²) in [6, 6.07) is 5.12. The first kappa shape index (κ1) is 10.8. The maximum absolute atomic E-state index is 9.93. The summed E-state index contributed by atoms with van der Waals surface area (Å²) in [5.74, 6) is 0. The Morgan fingerprint density at radius 2 is 1.69 bits per heavy atom. The number of rotatable bonds is 2. The van der Waals surface area contributed by atoms with Crippen molar-refractivity contribution in [1.29, 1.82) is 0 Å². The van der Waals surface area contributed by atoms with Crippen LogP contribution in [-0.2, 0) is 5.60 Å². The van der Waals surface area contributed by atoms with Crippen LogP contribution in [-0.4, -0.2) is 5.11 Å². The fourth-order valence-electron chi connectivity index (χ4n) is 1.07. The first-order valence-corrected chi connectivity index (χ1v) is 4.90. The molecule has 1 rings (SSSR count). The van der Waals surface area contributed by atoms with E-state index in [-0.39, 0.29) is 0 Å². The number of benzene rings is 1. The minimum Gasteiger partial charge on any atom is -0.385 e. The maximum Gasteiger partial charge on any atom is 0.0866 e. The quantitative estimate of drug-likeness (QED) is 0.805. The van der Waals surface area contributed by atoms with Crippen molar-refractivity contribution in [2.45, 2.75) is 25.9 Å². The van der Waals surface area contributed by atoms with Gasteiger partial charge in [0, 0.05) is 10.0 Å². The van der Waals surface area contributed by atoms with Gasteiger partial charge in [0.05, 0.1) is 5.60 Å². The van der Waals surface area contributed by atoms with Crippen LogP contribution in [0.3, 0.4) is 0 Å². The number of halogens is 2. The van der Waals surface area contributed by atoms with Gasteiger partial charge in [-0.3, -0.25) is 0 Å². The summed E-state index contributed by atoms with van der Waals surface area (Å²) in [4.78, 5) is 0. The van der Waals surface area contributed by atoms with Crippen LogP contribution in [0.4, 0.5) is 0 Å². The zero-order chi connectivity index (χ0) is 10.1.